The number of aliphatic carboxylic acids is 1. The summed E-state index contributed by atoms with van der Waals surface area (Å²) in [4.78, 5) is 14.7. The van der Waals surface area contributed by atoms with Gasteiger partial charge in [0.25, 0.3) is 0 Å². The molecule has 0 saturated carbocycles. The molecule has 1 heterocycles. The average Bonchev–Trinajstić information content (AvgIpc) is 3.03. The number of rotatable bonds is 6. The first kappa shape index (κ1) is 21.4. The number of oxazole rings is 1. The van der Waals surface area contributed by atoms with Gasteiger partial charge < -0.3 is 14.3 Å². The lowest BCUT2D eigenvalue weighted by Crippen LogP contribution is -2.16. The van der Waals surface area contributed by atoms with E-state index in [0.29, 0.717) is 5.56 Å². The summed E-state index contributed by atoms with van der Waals surface area (Å²) in [7, 11) is -4.14. The number of sulfone groups is 1. The molecule has 11 heteroatoms. The van der Waals surface area contributed by atoms with Gasteiger partial charge in [0.1, 0.15) is 5.75 Å². The van der Waals surface area contributed by atoms with Crippen molar-refractivity contribution in [3.63, 3.8) is 0 Å². The molecule has 7 nitrogen and oxygen atoms in total. The van der Waals surface area contributed by atoms with Crippen molar-refractivity contribution in [1.82, 2.24) is 4.98 Å². The number of benzene rings is 2. The molecule has 0 radical (unpaired) electrons. The van der Waals surface area contributed by atoms with Gasteiger partial charge in [-0.05, 0) is 48.9 Å². The highest BCUT2D eigenvalue weighted by atomic mass is 32.2. The number of hydrogen-bond donors (Lipinski definition) is 1. The second kappa shape index (κ2) is 7.82. The minimum atomic E-state index is -4.84. The number of aromatic nitrogens is 1. The van der Waals surface area contributed by atoms with Crippen LogP contribution in [0.1, 0.15) is 11.3 Å². The van der Waals surface area contributed by atoms with Gasteiger partial charge >= 0.3 is 12.3 Å². The monoisotopic (exact) mass is 441 g/mol. The molecule has 0 spiro atoms. The molecule has 30 heavy (non-hydrogen) atoms. The molecule has 0 fully saturated rings. The van der Waals surface area contributed by atoms with Crippen molar-refractivity contribution in [2.24, 2.45) is 0 Å². The van der Waals surface area contributed by atoms with E-state index in [4.69, 9.17) is 9.52 Å². The van der Waals surface area contributed by atoms with Crippen LogP contribution in [0.25, 0.3) is 11.5 Å². The summed E-state index contributed by atoms with van der Waals surface area (Å²) in [5, 5.41) is 8.44. The van der Waals surface area contributed by atoms with Crippen LogP contribution < -0.4 is 4.74 Å². The summed E-state index contributed by atoms with van der Waals surface area (Å²) < 4.78 is 71.8. The van der Waals surface area contributed by atoms with Crippen LogP contribution in [0.5, 0.6) is 5.75 Å². The molecule has 0 bridgehead atoms. The first-order valence-corrected chi connectivity index (χ1v) is 9.83. The summed E-state index contributed by atoms with van der Waals surface area (Å²) in [6.45, 7) is 1.40. The Kier molecular flexibility index (Phi) is 5.57. The molecule has 3 rings (SSSR count). The summed E-state index contributed by atoms with van der Waals surface area (Å²) in [6.07, 6.45) is -5.19. The Balaban J connectivity index is 1.93. The molecule has 1 N–H and O–H groups in total. The molecule has 2 aromatic carbocycles. The van der Waals surface area contributed by atoms with E-state index in [1.54, 1.807) is 0 Å². The Labute approximate surface area is 168 Å². The summed E-state index contributed by atoms with van der Waals surface area (Å²) in [6, 6.07) is 10.0. The fourth-order valence-electron chi connectivity index (χ4n) is 2.66. The molecule has 0 saturated heterocycles. The second-order valence-electron chi connectivity index (χ2n) is 6.19. The molecule has 1 aromatic heterocycles. The number of ether oxygens (including phenoxy) is 1. The number of carboxylic acids is 1. The predicted molar refractivity (Wildman–Crippen MR) is 96.6 cm³/mol. The number of carboxylic acid groups (broad SMARTS) is 1. The third kappa shape index (κ3) is 4.79. The predicted octanol–water partition coefficient (Wildman–Crippen LogP) is 4.01. The van der Waals surface area contributed by atoms with E-state index in [1.807, 2.05) is 0 Å². The van der Waals surface area contributed by atoms with Crippen LogP contribution in [0.3, 0.4) is 0 Å². The lowest BCUT2D eigenvalue weighted by atomic mass is 10.2. The maximum absolute atomic E-state index is 12.9. The van der Waals surface area contributed by atoms with Gasteiger partial charge in [-0.15, -0.1) is 13.2 Å². The van der Waals surface area contributed by atoms with Crippen LogP contribution in [0.4, 0.5) is 13.2 Å². The van der Waals surface area contributed by atoms with E-state index in [1.165, 1.54) is 43.3 Å². The van der Waals surface area contributed by atoms with E-state index in [0.717, 1.165) is 12.1 Å². The Morgan fingerprint density at radius 2 is 1.83 bits per heavy atom. The van der Waals surface area contributed by atoms with Gasteiger partial charge in [0.2, 0.25) is 20.8 Å². The molecule has 0 unspecified atom stereocenters. The Hall–Kier alpha value is -3.34. The zero-order valence-corrected chi connectivity index (χ0v) is 16.1. The van der Waals surface area contributed by atoms with Gasteiger partial charge in [-0.1, -0.05) is 12.1 Å². The van der Waals surface area contributed by atoms with Gasteiger partial charge in [-0.25, -0.2) is 13.4 Å². The van der Waals surface area contributed by atoms with E-state index in [-0.39, 0.29) is 28.5 Å². The van der Waals surface area contributed by atoms with E-state index >= 15 is 0 Å². The van der Waals surface area contributed by atoms with Gasteiger partial charge in [0.05, 0.1) is 17.0 Å². The summed E-state index contributed by atoms with van der Waals surface area (Å²) in [5.74, 6) is -1.66. The molecular formula is C19H14F3NO6S. The van der Waals surface area contributed by atoms with E-state index in [9.17, 15) is 26.4 Å². The second-order valence-corrected chi connectivity index (χ2v) is 8.03. The molecule has 0 amide bonds. The van der Waals surface area contributed by atoms with Crippen LogP contribution in [0.2, 0.25) is 0 Å². The van der Waals surface area contributed by atoms with Crippen molar-refractivity contribution in [1.29, 1.82) is 0 Å². The van der Waals surface area contributed by atoms with Crippen LogP contribution in [0.15, 0.2) is 62.9 Å². The van der Waals surface area contributed by atoms with Crippen molar-refractivity contribution >= 4 is 15.8 Å². The molecular weight excluding hydrogens is 427 g/mol. The minimum absolute atomic E-state index is 0.0456. The number of carbonyl (C=O) groups is 1. The normalized spacial score (nSPS) is 12.0. The largest absolute Gasteiger partial charge is 0.573 e. The van der Waals surface area contributed by atoms with Crippen LogP contribution in [0, 0.1) is 6.92 Å². The Morgan fingerprint density at radius 3 is 2.43 bits per heavy atom. The Bertz CT molecular complexity index is 1180. The van der Waals surface area contributed by atoms with Gasteiger partial charge in [-0.2, -0.15) is 0 Å². The highest BCUT2D eigenvalue weighted by Crippen LogP contribution is 2.31. The SMILES string of the molecule is Cc1nc(-c2ccc(OC(F)(F)F)cc2)oc1S(=O)(=O)c1cccc(CC(=O)O)c1. The van der Waals surface area contributed by atoms with Crippen molar-refractivity contribution in [3.05, 3.63) is 59.8 Å². The summed E-state index contributed by atoms with van der Waals surface area (Å²) in [5.41, 5.74) is 0.583. The fraction of sp³-hybridized carbons (Fsp3) is 0.158. The summed E-state index contributed by atoms with van der Waals surface area (Å²) >= 11 is 0. The van der Waals surface area contributed by atoms with E-state index in [2.05, 4.69) is 9.72 Å². The number of alkyl halides is 3. The highest BCUT2D eigenvalue weighted by Gasteiger charge is 2.31. The first-order chi connectivity index (χ1) is 14.0. The third-order valence-corrected chi connectivity index (χ3v) is 5.64. The quantitative estimate of drug-likeness (QED) is 0.616. The standard InChI is InChI=1S/C19H14F3NO6S/c1-11-18(30(26,27)15-4-2-3-12(9-15)10-16(24)25)28-17(23-11)13-5-7-14(8-6-13)29-19(20,21)22/h2-9H,10H2,1H3,(H,24,25). The zero-order valence-electron chi connectivity index (χ0n) is 15.3. The average molecular weight is 441 g/mol. The first-order valence-electron chi connectivity index (χ1n) is 8.35. The molecule has 3 aromatic rings. The third-order valence-electron chi connectivity index (χ3n) is 3.90. The zero-order chi connectivity index (χ0) is 22.1. The van der Waals surface area contributed by atoms with Crippen LogP contribution in [-0.2, 0) is 21.1 Å². The van der Waals surface area contributed by atoms with Crippen molar-refractivity contribution in [2.45, 2.75) is 29.7 Å². The van der Waals surface area contributed by atoms with E-state index < -0.39 is 33.0 Å². The van der Waals surface area contributed by atoms with Gasteiger partial charge in [-0.3, -0.25) is 4.79 Å². The van der Waals surface area contributed by atoms with Crippen LogP contribution >= 0.6 is 0 Å². The molecule has 0 atom stereocenters. The molecule has 158 valence electrons. The van der Waals surface area contributed by atoms with Crippen molar-refractivity contribution in [2.75, 3.05) is 0 Å². The maximum atomic E-state index is 12.9. The van der Waals surface area contributed by atoms with Gasteiger partial charge in [0, 0.05) is 5.56 Å². The Morgan fingerprint density at radius 1 is 1.17 bits per heavy atom. The fourth-order valence-corrected chi connectivity index (χ4v) is 4.06. The molecule has 0 aliphatic rings. The van der Waals surface area contributed by atoms with Crippen molar-refractivity contribution < 1.29 is 40.6 Å². The topological polar surface area (TPSA) is 107 Å². The van der Waals surface area contributed by atoms with Gasteiger partial charge in [0.15, 0.2) is 0 Å². The number of halogens is 3. The van der Waals surface area contributed by atoms with Crippen LogP contribution in [-0.4, -0.2) is 30.8 Å². The molecule has 0 aliphatic heterocycles. The van der Waals surface area contributed by atoms with Crippen molar-refractivity contribution in [3.8, 4) is 17.2 Å². The number of hydrogen-bond acceptors (Lipinski definition) is 6. The minimum Gasteiger partial charge on any atom is -0.481 e. The smallest absolute Gasteiger partial charge is 0.481 e. The number of nitrogens with zero attached hydrogens (tertiary/aromatic N) is 1. The highest BCUT2D eigenvalue weighted by molar-refractivity contribution is 7.91. The number of aryl methyl sites for hydroxylation is 1. The lowest BCUT2D eigenvalue weighted by Gasteiger charge is -2.08. The molecule has 0 aliphatic carbocycles. The maximum Gasteiger partial charge on any atom is 0.573 e. The lowest BCUT2D eigenvalue weighted by molar-refractivity contribution is -0.274.